The maximum Gasteiger partial charge on any atom is 0.322 e. The summed E-state index contributed by atoms with van der Waals surface area (Å²) in [4.78, 5) is 97.1. The smallest absolute Gasteiger partial charge is 0.322 e. The fraction of sp³-hybridized carbons (Fsp3) is 0.719. The van der Waals surface area contributed by atoms with Crippen LogP contribution in [0, 0.1) is 11.8 Å². The molecule has 0 aliphatic heterocycles. The van der Waals surface area contributed by atoms with E-state index in [0.29, 0.717) is 6.42 Å². The van der Waals surface area contributed by atoms with Crippen molar-refractivity contribution in [1.82, 2.24) is 31.9 Å². The van der Waals surface area contributed by atoms with Gasteiger partial charge in [0.05, 0.1) is 12.6 Å². The van der Waals surface area contributed by atoms with Gasteiger partial charge in [-0.05, 0) is 57.3 Å². The van der Waals surface area contributed by atoms with E-state index < -0.39 is 90.8 Å². The van der Waals surface area contributed by atoms with Gasteiger partial charge in [-0.1, -0.05) is 27.7 Å². The molecule has 0 rings (SSSR count). The van der Waals surface area contributed by atoms with E-state index in [9.17, 15) is 38.7 Å². The van der Waals surface area contributed by atoms with Crippen LogP contribution in [-0.4, -0.2) is 126 Å². The van der Waals surface area contributed by atoms with Crippen LogP contribution in [-0.2, 0) is 33.6 Å². The first kappa shape index (κ1) is 48.8. The Morgan fingerprint density at radius 2 is 1.00 bits per heavy atom. The maximum absolute atomic E-state index is 13.6. The van der Waals surface area contributed by atoms with Crippen molar-refractivity contribution in [2.45, 2.75) is 109 Å². The van der Waals surface area contributed by atoms with Crippen molar-refractivity contribution in [3.8, 4) is 0 Å². The first-order valence-corrected chi connectivity index (χ1v) is 17.7. The Kier molecular flexibility index (Phi) is 23.2. The third-order valence-electron chi connectivity index (χ3n) is 7.54. The Morgan fingerprint density at radius 1 is 0.574 bits per heavy atom. The lowest BCUT2D eigenvalue weighted by Gasteiger charge is -2.26. The van der Waals surface area contributed by atoms with Gasteiger partial charge in [0.15, 0.2) is 11.9 Å². The van der Waals surface area contributed by atoms with E-state index in [1.165, 1.54) is 6.92 Å². The van der Waals surface area contributed by atoms with Gasteiger partial charge in [0, 0.05) is 13.1 Å². The Bertz CT molecular complexity index is 1320. The number of carboxylic acids is 1. The van der Waals surface area contributed by atoms with Crippen LogP contribution in [0.1, 0.15) is 73.1 Å². The van der Waals surface area contributed by atoms with E-state index in [-0.39, 0.29) is 68.9 Å². The van der Waals surface area contributed by atoms with Crippen molar-refractivity contribution in [2.75, 3.05) is 26.2 Å². The number of aliphatic hydroxyl groups excluding tert-OH is 1. The molecular weight excluding hydrogens is 710 g/mol. The number of nitrogens with two attached hydrogens (primary N) is 5. The SMILES string of the molecule is CC(C)C[C@@H](N)C(=O)N[C@H](CCCN=C(N)N)C(=O)N[C@H](CCCN=C(N)N)C(=O)N[C@H](C)C(=O)N[C@H](CO)C(=O)N[C@H](CC(C)C)C(=O)NCC(=O)O. The number of rotatable bonds is 26. The van der Waals surface area contributed by atoms with Gasteiger partial charge in [-0.2, -0.15) is 0 Å². The zero-order valence-corrected chi connectivity index (χ0v) is 31.7. The molecule has 308 valence electrons. The van der Waals surface area contributed by atoms with Crippen LogP contribution in [0.25, 0.3) is 0 Å². The molecular formula is C32H61N13O9. The second-order valence-corrected chi connectivity index (χ2v) is 13.5. The molecule has 22 heteroatoms. The van der Waals surface area contributed by atoms with Crippen molar-refractivity contribution >= 4 is 53.3 Å². The van der Waals surface area contributed by atoms with Crippen LogP contribution in [0.5, 0.6) is 0 Å². The predicted octanol–water partition coefficient (Wildman–Crippen LogP) is -4.85. The lowest BCUT2D eigenvalue weighted by Crippen LogP contribution is -2.59. The van der Waals surface area contributed by atoms with Crippen molar-refractivity contribution < 1.29 is 43.8 Å². The molecule has 0 aliphatic rings. The summed E-state index contributed by atoms with van der Waals surface area (Å²) in [6.45, 7) is 7.28. The monoisotopic (exact) mass is 771 g/mol. The minimum Gasteiger partial charge on any atom is -0.480 e. The van der Waals surface area contributed by atoms with Crippen molar-refractivity contribution in [2.24, 2.45) is 50.5 Å². The Balaban J connectivity index is 5.96. The molecule has 0 saturated heterocycles. The van der Waals surface area contributed by atoms with Crippen LogP contribution in [0.4, 0.5) is 0 Å². The van der Waals surface area contributed by atoms with Crippen molar-refractivity contribution in [3.63, 3.8) is 0 Å². The number of nitrogens with zero attached hydrogens (tertiary/aromatic N) is 2. The molecule has 18 N–H and O–H groups in total. The van der Waals surface area contributed by atoms with E-state index in [1.807, 2.05) is 13.8 Å². The fourth-order valence-electron chi connectivity index (χ4n) is 4.84. The number of amides is 6. The lowest BCUT2D eigenvalue weighted by atomic mass is 10.0. The molecule has 0 bridgehead atoms. The molecule has 54 heavy (non-hydrogen) atoms. The molecule has 0 fully saturated rings. The number of guanidine groups is 2. The van der Waals surface area contributed by atoms with Crippen LogP contribution in [0.3, 0.4) is 0 Å². The third-order valence-corrected chi connectivity index (χ3v) is 7.54. The molecule has 6 atom stereocenters. The summed E-state index contributed by atoms with van der Waals surface area (Å²) in [6.07, 6.45) is 1.03. The zero-order chi connectivity index (χ0) is 41.5. The molecule has 0 radical (unpaired) electrons. The molecule has 0 aromatic carbocycles. The molecule has 0 unspecified atom stereocenters. The number of hydrogen-bond acceptors (Lipinski definition) is 11. The van der Waals surface area contributed by atoms with Gasteiger partial charge in [0.25, 0.3) is 0 Å². The quantitative estimate of drug-likeness (QED) is 0.0223. The van der Waals surface area contributed by atoms with Gasteiger partial charge >= 0.3 is 5.97 Å². The molecule has 0 aliphatic carbocycles. The molecule has 0 heterocycles. The van der Waals surface area contributed by atoms with Gasteiger partial charge in [-0.3, -0.25) is 43.5 Å². The van der Waals surface area contributed by atoms with Crippen LogP contribution >= 0.6 is 0 Å². The van der Waals surface area contributed by atoms with Gasteiger partial charge in [-0.25, -0.2) is 0 Å². The maximum atomic E-state index is 13.6. The van der Waals surface area contributed by atoms with E-state index in [1.54, 1.807) is 13.8 Å². The highest BCUT2D eigenvalue weighted by Crippen LogP contribution is 2.08. The zero-order valence-electron chi connectivity index (χ0n) is 31.7. The predicted molar refractivity (Wildman–Crippen MR) is 200 cm³/mol. The average molecular weight is 772 g/mol. The number of hydrogen-bond donors (Lipinski definition) is 13. The molecule has 6 amide bonds. The van der Waals surface area contributed by atoms with Gasteiger partial charge in [0.2, 0.25) is 35.4 Å². The standard InChI is InChI=1S/C32H61N13O9/c1-16(2)12-19(33)26(50)42-21(9-7-11-39-32(36)37)29(53)43-20(8-6-10-38-31(34)35)28(52)41-18(5)25(49)45-23(15-46)30(54)44-22(13-17(3)4)27(51)40-14-24(47)48/h16-23,46H,6-15,33H2,1-5H3,(H,40,51)(H,41,52)(H,42,50)(H,43,53)(H,44,54)(H,45,49)(H,47,48)(H4,34,35,38)(H4,36,37,39)/t18-,19-,20-,21-,22-,23-/m1/s1. The van der Waals surface area contributed by atoms with Crippen LogP contribution < -0.4 is 60.6 Å². The van der Waals surface area contributed by atoms with Crippen molar-refractivity contribution in [1.29, 1.82) is 0 Å². The average Bonchev–Trinajstić information content (AvgIpc) is 3.06. The fourth-order valence-corrected chi connectivity index (χ4v) is 4.84. The molecule has 0 aromatic heterocycles. The number of aliphatic hydroxyl groups is 1. The first-order valence-electron chi connectivity index (χ1n) is 17.7. The molecule has 22 nitrogen and oxygen atoms in total. The van der Waals surface area contributed by atoms with Crippen LogP contribution in [0.2, 0.25) is 0 Å². The second kappa shape index (κ2) is 25.7. The number of aliphatic carboxylic acids is 1. The van der Waals surface area contributed by atoms with Crippen molar-refractivity contribution in [3.05, 3.63) is 0 Å². The summed E-state index contributed by atoms with van der Waals surface area (Å²) in [5.74, 6) is -6.38. The van der Waals surface area contributed by atoms with Gasteiger partial charge in [-0.15, -0.1) is 0 Å². The second-order valence-electron chi connectivity index (χ2n) is 13.5. The van der Waals surface area contributed by atoms with E-state index in [4.69, 9.17) is 33.8 Å². The minimum absolute atomic E-state index is 0.00687. The van der Waals surface area contributed by atoms with E-state index >= 15 is 0 Å². The molecule has 0 spiro atoms. The van der Waals surface area contributed by atoms with E-state index in [2.05, 4.69) is 41.9 Å². The summed E-state index contributed by atoms with van der Waals surface area (Å²) < 4.78 is 0. The molecule has 0 aromatic rings. The number of nitrogens with one attached hydrogen (secondary N) is 6. The summed E-state index contributed by atoms with van der Waals surface area (Å²) in [7, 11) is 0. The van der Waals surface area contributed by atoms with Gasteiger partial charge < -0.3 is 70.8 Å². The normalized spacial score (nSPS) is 14.2. The summed E-state index contributed by atoms with van der Waals surface area (Å²) in [6, 6.07) is -7.36. The highest BCUT2D eigenvalue weighted by molar-refractivity contribution is 5.96. The number of carbonyl (C=O) groups is 7. The number of carbonyl (C=O) groups excluding carboxylic acids is 6. The van der Waals surface area contributed by atoms with E-state index in [0.717, 1.165) is 0 Å². The number of aliphatic imine (C=N–C) groups is 2. The largest absolute Gasteiger partial charge is 0.480 e. The summed E-state index contributed by atoms with van der Waals surface area (Å²) in [5.41, 5.74) is 27.6. The lowest BCUT2D eigenvalue weighted by molar-refractivity contribution is -0.138. The molecule has 0 saturated carbocycles. The Labute approximate surface area is 315 Å². The van der Waals surface area contributed by atoms with Gasteiger partial charge in [0.1, 0.15) is 36.8 Å². The minimum atomic E-state index is -1.56. The number of carboxylic acid groups (broad SMARTS) is 1. The first-order chi connectivity index (χ1) is 25.2. The van der Waals surface area contributed by atoms with Crippen LogP contribution in [0.15, 0.2) is 9.98 Å². The topological polar surface area (TPSA) is 387 Å². The summed E-state index contributed by atoms with van der Waals surface area (Å²) >= 11 is 0. The highest BCUT2D eigenvalue weighted by atomic mass is 16.4. The third kappa shape index (κ3) is 21.3. The Morgan fingerprint density at radius 3 is 1.44 bits per heavy atom. The highest BCUT2D eigenvalue weighted by Gasteiger charge is 2.31. The summed E-state index contributed by atoms with van der Waals surface area (Å²) in [5, 5.41) is 33.3. The Hall–Kier alpha value is -5.25.